The Bertz CT molecular complexity index is 541. The highest BCUT2D eigenvalue weighted by molar-refractivity contribution is 6.30. The number of benzene rings is 1. The molecule has 17 heavy (non-hydrogen) atoms. The average molecular weight is 269 g/mol. The van der Waals surface area contributed by atoms with Crippen molar-refractivity contribution in [2.24, 2.45) is 0 Å². The lowest BCUT2D eigenvalue weighted by molar-refractivity contribution is 0.450. The highest BCUT2D eigenvalue weighted by atomic mass is 35.5. The van der Waals surface area contributed by atoms with E-state index < -0.39 is 0 Å². The molecule has 0 atom stereocenters. The fourth-order valence-electron chi connectivity index (χ4n) is 1.27. The second-order valence-electron chi connectivity index (χ2n) is 3.60. The summed E-state index contributed by atoms with van der Waals surface area (Å²) in [5.74, 6) is 1.11. The van der Waals surface area contributed by atoms with Crippen LogP contribution in [0.5, 0.6) is 11.6 Å². The molecule has 0 aliphatic rings. The number of halogens is 2. The van der Waals surface area contributed by atoms with E-state index in [2.05, 4.69) is 10.2 Å². The van der Waals surface area contributed by atoms with Crippen LogP contribution in [0.2, 0.25) is 10.2 Å². The van der Waals surface area contributed by atoms with Crippen LogP contribution in [-0.2, 0) is 0 Å². The smallest absolute Gasteiger partial charge is 0.242 e. The molecule has 0 bridgehead atoms. The molecule has 0 saturated carbocycles. The van der Waals surface area contributed by atoms with Crippen molar-refractivity contribution in [3.63, 3.8) is 0 Å². The quantitative estimate of drug-likeness (QED) is 0.819. The van der Waals surface area contributed by atoms with Gasteiger partial charge in [-0.3, -0.25) is 0 Å². The molecule has 1 heterocycles. The molecular weight excluding hydrogens is 259 g/mol. The van der Waals surface area contributed by atoms with Gasteiger partial charge >= 0.3 is 0 Å². The van der Waals surface area contributed by atoms with Crippen molar-refractivity contribution in [1.29, 1.82) is 0 Å². The van der Waals surface area contributed by atoms with E-state index in [9.17, 15) is 0 Å². The molecule has 0 unspecified atom stereocenters. The highest BCUT2D eigenvalue weighted by Gasteiger charge is 2.09. The van der Waals surface area contributed by atoms with E-state index in [0.29, 0.717) is 21.8 Å². The highest BCUT2D eigenvalue weighted by Crippen LogP contribution is 2.27. The van der Waals surface area contributed by atoms with E-state index in [-0.39, 0.29) is 0 Å². The molecule has 0 aliphatic heterocycles. The Morgan fingerprint density at radius 2 is 1.59 bits per heavy atom. The van der Waals surface area contributed by atoms with Crippen molar-refractivity contribution in [3.8, 4) is 11.6 Å². The van der Waals surface area contributed by atoms with Gasteiger partial charge in [0.2, 0.25) is 5.88 Å². The zero-order valence-corrected chi connectivity index (χ0v) is 10.9. The molecule has 0 spiro atoms. The summed E-state index contributed by atoms with van der Waals surface area (Å²) >= 11 is 11.7. The van der Waals surface area contributed by atoms with Crippen molar-refractivity contribution in [3.05, 3.63) is 45.6 Å². The SMILES string of the molecule is Cc1c(Cl)nnc(Oc2ccc(Cl)cc2)c1C. The van der Waals surface area contributed by atoms with Crippen LogP contribution in [0.3, 0.4) is 0 Å². The van der Waals surface area contributed by atoms with Crippen LogP contribution in [0.15, 0.2) is 24.3 Å². The van der Waals surface area contributed by atoms with Crippen molar-refractivity contribution in [2.45, 2.75) is 13.8 Å². The summed E-state index contributed by atoms with van der Waals surface area (Å²) in [6, 6.07) is 7.05. The van der Waals surface area contributed by atoms with Crippen LogP contribution in [-0.4, -0.2) is 10.2 Å². The maximum Gasteiger partial charge on any atom is 0.242 e. The number of aromatic nitrogens is 2. The Labute approximate surface area is 109 Å². The Morgan fingerprint density at radius 3 is 2.24 bits per heavy atom. The third-order valence-corrected chi connectivity index (χ3v) is 3.06. The lowest BCUT2D eigenvalue weighted by Crippen LogP contribution is -1.97. The standard InChI is InChI=1S/C12H10Cl2N2O/c1-7-8(2)12(16-15-11(7)14)17-10-5-3-9(13)4-6-10/h3-6H,1-2H3. The first kappa shape index (κ1) is 12.1. The van der Waals surface area contributed by atoms with Gasteiger partial charge in [0.1, 0.15) is 5.75 Å². The largest absolute Gasteiger partial charge is 0.437 e. The molecular formula is C12H10Cl2N2O. The number of hydrogen-bond donors (Lipinski definition) is 0. The maximum atomic E-state index is 5.86. The van der Waals surface area contributed by atoms with Gasteiger partial charge in [-0.2, -0.15) is 0 Å². The predicted octanol–water partition coefficient (Wildman–Crippen LogP) is 4.19. The van der Waals surface area contributed by atoms with Crippen molar-refractivity contribution in [1.82, 2.24) is 10.2 Å². The fraction of sp³-hybridized carbons (Fsp3) is 0.167. The Balaban J connectivity index is 2.30. The molecule has 1 aromatic carbocycles. The van der Waals surface area contributed by atoms with Crippen LogP contribution in [0.1, 0.15) is 11.1 Å². The summed E-state index contributed by atoms with van der Waals surface area (Å²) in [6.45, 7) is 3.77. The molecule has 0 aliphatic carbocycles. The first-order valence-corrected chi connectivity index (χ1v) is 5.76. The molecule has 2 rings (SSSR count). The Hall–Kier alpha value is -1.32. The third-order valence-electron chi connectivity index (χ3n) is 2.45. The van der Waals surface area contributed by atoms with Crippen LogP contribution in [0, 0.1) is 13.8 Å². The lowest BCUT2D eigenvalue weighted by Gasteiger charge is -2.09. The van der Waals surface area contributed by atoms with Gasteiger partial charge in [-0.05, 0) is 43.7 Å². The van der Waals surface area contributed by atoms with Gasteiger partial charge in [0.15, 0.2) is 5.15 Å². The molecule has 2 aromatic rings. The second-order valence-corrected chi connectivity index (χ2v) is 4.40. The minimum atomic E-state index is 0.394. The van der Waals surface area contributed by atoms with E-state index in [4.69, 9.17) is 27.9 Å². The van der Waals surface area contributed by atoms with Gasteiger partial charge in [0.05, 0.1) is 0 Å². The van der Waals surface area contributed by atoms with Gasteiger partial charge in [-0.1, -0.05) is 23.2 Å². The predicted molar refractivity (Wildman–Crippen MR) is 68.0 cm³/mol. The Morgan fingerprint density at radius 1 is 0.941 bits per heavy atom. The van der Waals surface area contributed by atoms with E-state index in [1.807, 2.05) is 13.8 Å². The molecule has 0 N–H and O–H groups in total. The molecule has 0 radical (unpaired) electrons. The molecule has 88 valence electrons. The number of ether oxygens (including phenoxy) is 1. The molecule has 1 aromatic heterocycles. The van der Waals surface area contributed by atoms with E-state index >= 15 is 0 Å². The van der Waals surface area contributed by atoms with Crippen LogP contribution < -0.4 is 4.74 Å². The van der Waals surface area contributed by atoms with Crippen molar-refractivity contribution < 1.29 is 4.74 Å². The first-order chi connectivity index (χ1) is 8.08. The third kappa shape index (κ3) is 2.68. The van der Waals surface area contributed by atoms with Gasteiger partial charge in [0.25, 0.3) is 0 Å². The molecule has 3 nitrogen and oxygen atoms in total. The van der Waals surface area contributed by atoms with E-state index in [1.54, 1.807) is 24.3 Å². The molecule has 0 amide bonds. The normalized spacial score (nSPS) is 10.4. The summed E-state index contributed by atoms with van der Waals surface area (Å²) < 4.78 is 5.61. The topological polar surface area (TPSA) is 35.0 Å². The molecule has 5 heteroatoms. The van der Waals surface area contributed by atoms with Crippen molar-refractivity contribution >= 4 is 23.2 Å². The van der Waals surface area contributed by atoms with Crippen molar-refractivity contribution in [2.75, 3.05) is 0 Å². The van der Waals surface area contributed by atoms with Gasteiger partial charge < -0.3 is 4.74 Å². The van der Waals surface area contributed by atoms with Gasteiger partial charge in [-0.25, -0.2) is 0 Å². The van der Waals surface area contributed by atoms with Crippen LogP contribution in [0.25, 0.3) is 0 Å². The maximum absolute atomic E-state index is 5.86. The minimum Gasteiger partial charge on any atom is -0.437 e. The number of rotatable bonds is 2. The summed E-state index contributed by atoms with van der Waals surface area (Å²) in [5, 5.41) is 8.79. The van der Waals surface area contributed by atoms with E-state index in [0.717, 1.165) is 11.1 Å². The first-order valence-electron chi connectivity index (χ1n) is 5.00. The molecule has 0 saturated heterocycles. The van der Waals surface area contributed by atoms with Gasteiger partial charge in [-0.15, -0.1) is 10.2 Å². The minimum absolute atomic E-state index is 0.394. The lowest BCUT2D eigenvalue weighted by atomic mass is 10.2. The average Bonchev–Trinajstić information content (AvgIpc) is 2.33. The monoisotopic (exact) mass is 268 g/mol. The van der Waals surface area contributed by atoms with E-state index in [1.165, 1.54) is 0 Å². The molecule has 0 fully saturated rings. The summed E-state index contributed by atoms with van der Waals surface area (Å²) in [7, 11) is 0. The number of hydrogen-bond acceptors (Lipinski definition) is 3. The van der Waals surface area contributed by atoms with Gasteiger partial charge in [0, 0.05) is 10.6 Å². The van der Waals surface area contributed by atoms with Crippen LogP contribution in [0.4, 0.5) is 0 Å². The number of nitrogens with zero attached hydrogens (tertiary/aromatic N) is 2. The Kier molecular flexibility index (Phi) is 3.50. The summed E-state index contributed by atoms with van der Waals surface area (Å²) in [6.07, 6.45) is 0. The van der Waals surface area contributed by atoms with Crippen LogP contribution >= 0.6 is 23.2 Å². The fourth-order valence-corrected chi connectivity index (χ4v) is 1.57. The summed E-state index contributed by atoms with van der Waals surface area (Å²) in [5.41, 5.74) is 1.74. The summed E-state index contributed by atoms with van der Waals surface area (Å²) in [4.78, 5) is 0. The second kappa shape index (κ2) is 4.90. The zero-order valence-electron chi connectivity index (χ0n) is 9.37. The zero-order chi connectivity index (χ0) is 12.4.